The average molecular weight is 404 g/mol. The molecule has 0 atom stereocenters. The second kappa shape index (κ2) is 11.2. The molecular formula is C23H33NO3S. The molecule has 0 spiro atoms. The third-order valence-corrected chi connectivity index (χ3v) is 6.94. The molecule has 0 amide bonds. The molecule has 1 aromatic heterocycles. The van der Waals surface area contributed by atoms with Crippen LogP contribution in [0.1, 0.15) is 87.1 Å². The van der Waals surface area contributed by atoms with Crippen LogP contribution >= 0.6 is 0 Å². The van der Waals surface area contributed by atoms with Gasteiger partial charge in [0.1, 0.15) is 0 Å². The number of nitrogens with zero attached hydrogens (tertiary/aromatic N) is 1. The minimum Gasteiger partial charge on any atom is -0.294 e. The van der Waals surface area contributed by atoms with Crippen LogP contribution in [-0.4, -0.2) is 18.2 Å². The van der Waals surface area contributed by atoms with E-state index < -0.39 is 10.0 Å². The maximum atomic E-state index is 12.8. The van der Waals surface area contributed by atoms with Crippen molar-refractivity contribution in [3.63, 3.8) is 0 Å². The van der Waals surface area contributed by atoms with Crippen LogP contribution in [0.3, 0.4) is 0 Å². The minimum atomic E-state index is -3.66. The van der Waals surface area contributed by atoms with E-state index in [1.54, 1.807) is 31.2 Å². The Morgan fingerprint density at radius 1 is 0.893 bits per heavy atom. The van der Waals surface area contributed by atoms with Crippen LogP contribution in [0.2, 0.25) is 0 Å². The number of Topliss-reactive ketones (excluding diaryl/α,β-unsaturated/α-hetero) is 1. The Kier molecular flexibility index (Phi) is 8.97. The fraction of sp³-hybridized carbons (Fsp3) is 0.522. The van der Waals surface area contributed by atoms with E-state index in [1.165, 1.54) is 57.3 Å². The number of aromatic nitrogens is 1. The second-order valence-electron chi connectivity index (χ2n) is 7.50. The standard InChI is InChI=1S/C23H33NO3S/c1-3-4-5-6-7-8-9-10-11-15-22(25)21-17-18-24(19-21)28(26,27)23-16-13-12-14-20(23)2/h12-14,16-19H,3-11,15H2,1-2H3. The average Bonchev–Trinajstić information content (AvgIpc) is 3.18. The van der Waals surface area contributed by atoms with Crippen molar-refractivity contribution in [1.82, 2.24) is 3.97 Å². The van der Waals surface area contributed by atoms with Gasteiger partial charge in [-0.3, -0.25) is 4.79 Å². The molecule has 154 valence electrons. The summed E-state index contributed by atoms with van der Waals surface area (Å²) in [5.74, 6) is 0.0154. The first-order valence-electron chi connectivity index (χ1n) is 10.5. The van der Waals surface area contributed by atoms with E-state index in [9.17, 15) is 13.2 Å². The summed E-state index contributed by atoms with van der Waals surface area (Å²) in [6.07, 6.45) is 14.2. The maximum absolute atomic E-state index is 12.8. The second-order valence-corrected chi connectivity index (χ2v) is 9.31. The summed E-state index contributed by atoms with van der Waals surface area (Å²) in [6, 6.07) is 8.48. The fourth-order valence-electron chi connectivity index (χ4n) is 3.39. The van der Waals surface area contributed by atoms with Crippen molar-refractivity contribution in [1.29, 1.82) is 0 Å². The lowest BCUT2D eigenvalue weighted by atomic mass is 10.0. The van der Waals surface area contributed by atoms with Crippen molar-refractivity contribution in [3.05, 3.63) is 53.9 Å². The molecule has 0 saturated heterocycles. The summed E-state index contributed by atoms with van der Waals surface area (Å²) >= 11 is 0. The number of aryl methyl sites for hydroxylation is 1. The van der Waals surface area contributed by atoms with Crippen LogP contribution in [0.15, 0.2) is 47.6 Å². The van der Waals surface area contributed by atoms with Crippen molar-refractivity contribution < 1.29 is 13.2 Å². The summed E-state index contributed by atoms with van der Waals surface area (Å²) in [5.41, 5.74) is 1.16. The predicted molar refractivity (Wildman–Crippen MR) is 114 cm³/mol. The molecule has 4 nitrogen and oxygen atoms in total. The van der Waals surface area contributed by atoms with Crippen LogP contribution in [0.4, 0.5) is 0 Å². The van der Waals surface area contributed by atoms with Gasteiger partial charge in [-0.05, 0) is 31.0 Å². The molecule has 0 N–H and O–H groups in total. The third-order valence-electron chi connectivity index (χ3n) is 5.15. The molecule has 0 saturated carbocycles. The number of carbonyl (C=O) groups excluding carboxylic acids is 1. The molecule has 1 aromatic carbocycles. The van der Waals surface area contributed by atoms with Gasteiger partial charge in [0.15, 0.2) is 5.78 Å². The lowest BCUT2D eigenvalue weighted by Crippen LogP contribution is -2.12. The summed E-state index contributed by atoms with van der Waals surface area (Å²) < 4.78 is 26.7. The topological polar surface area (TPSA) is 56.1 Å². The van der Waals surface area contributed by atoms with Gasteiger partial charge in [0.2, 0.25) is 0 Å². The Bertz CT molecular complexity index is 852. The smallest absolute Gasteiger partial charge is 0.267 e. The molecule has 0 aliphatic carbocycles. The summed E-state index contributed by atoms with van der Waals surface area (Å²) in [5, 5.41) is 0. The van der Waals surface area contributed by atoms with Gasteiger partial charge >= 0.3 is 0 Å². The molecule has 0 bridgehead atoms. The summed E-state index contributed by atoms with van der Waals surface area (Å²) in [6.45, 7) is 4.00. The van der Waals surface area contributed by atoms with E-state index in [-0.39, 0.29) is 10.7 Å². The molecule has 2 aromatic rings. The highest BCUT2D eigenvalue weighted by Crippen LogP contribution is 2.20. The van der Waals surface area contributed by atoms with Crippen molar-refractivity contribution in [3.8, 4) is 0 Å². The first-order chi connectivity index (χ1) is 13.5. The Labute approximate surface area is 170 Å². The Balaban J connectivity index is 1.80. The van der Waals surface area contributed by atoms with E-state index in [0.29, 0.717) is 17.5 Å². The largest absolute Gasteiger partial charge is 0.294 e. The Morgan fingerprint density at radius 3 is 2.14 bits per heavy atom. The van der Waals surface area contributed by atoms with E-state index in [1.807, 2.05) is 6.07 Å². The molecular weight excluding hydrogens is 370 g/mol. The van der Waals surface area contributed by atoms with E-state index in [0.717, 1.165) is 16.8 Å². The molecule has 1 heterocycles. The Morgan fingerprint density at radius 2 is 1.50 bits per heavy atom. The Hall–Kier alpha value is -1.88. The highest BCUT2D eigenvalue weighted by Gasteiger charge is 2.20. The highest BCUT2D eigenvalue weighted by molar-refractivity contribution is 7.90. The van der Waals surface area contributed by atoms with Crippen molar-refractivity contribution in [2.24, 2.45) is 0 Å². The molecule has 5 heteroatoms. The molecule has 0 radical (unpaired) electrons. The predicted octanol–water partition coefficient (Wildman–Crippen LogP) is 6.14. The van der Waals surface area contributed by atoms with Crippen LogP contribution in [-0.2, 0) is 10.0 Å². The molecule has 0 aliphatic rings. The quantitative estimate of drug-likeness (QED) is 0.298. The zero-order valence-electron chi connectivity index (χ0n) is 17.2. The number of ketones is 1. The normalized spacial score (nSPS) is 11.6. The highest BCUT2D eigenvalue weighted by atomic mass is 32.2. The number of hydrogen-bond donors (Lipinski definition) is 0. The molecule has 2 rings (SSSR count). The van der Waals surface area contributed by atoms with Gasteiger partial charge in [-0.15, -0.1) is 0 Å². The van der Waals surface area contributed by atoms with E-state index in [4.69, 9.17) is 0 Å². The lowest BCUT2D eigenvalue weighted by Gasteiger charge is -2.08. The van der Waals surface area contributed by atoms with Crippen LogP contribution in [0, 0.1) is 6.92 Å². The minimum absolute atomic E-state index is 0.0154. The van der Waals surface area contributed by atoms with Crippen molar-refractivity contribution in [2.75, 3.05) is 0 Å². The zero-order chi connectivity index (χ0) is 20.4. The van der Waals surface area contributed by atoms with E-state index in [2.05, 4.69) is 6.92 Å². The monoisotopic (exact) mass is 403 g/mol. The number of rotatable bonds is 13. The number of hydrogen-bond acceptors (Lipinski definition) is 3. The first kappa shape index (κ1) is 22.4. The first-order valence-corrected chi connectivity index (χ1v) is 11.9. The summed E-state index contributed by atoms with van der Waals surface area (Å²) in [7, 11) is -3.66. The van der Waals surface area contributed by atoms with Gasteiger partial charge in [0, 0.05) is 24.4 Å². The van der Waals surface area contributed by atoms with Gasteiger partial charge in [-0.2, -0.15) is 0 Å². The van der Waals surface area contributed by atoms with Gasteiger partial charge in [0.05, 0.1) is 4.90 Å². The third kappa shape index (κ3) is 6.33. The van der Waals surface area contributed by atoms with Gasteiger partial charge < -0.3 is 0 Å². The van der Waals surface area contributed by atoms with Gasteiger partial charge in [-0.1, -0.05) is 76.5 Å². The number of carbonyl (C=O) groups is 1. The molecule has 0 aliphatic heterocycles. The number of unbranched alkanes of at least 4 members (excludes halogenated alkanes) is 8. The van der Waals surface area contributed by atoms with Crippen LogP contribution in [0.5, 0.6) is 0 Å². The van der Waals surface area contributed by atoms with Gasteiger partial charge in [0.25, 0.3) is 10.0 Å². The number of benzene rings is 1. The van der Waals surface area contributed by atoms with Gasteiger partial charge in [-0.25, -0.2) is 12.4 Å². The fourth-order valence-corrected chi connectivity index (χ4v) is 4.82. The summed E-state index contributed by atoms with van der Waals surface area (Å²) in [4.78, 5) is 12.7. The molecule has 28 heavy (non-hydrogen) atoms. The maximum Gasteiger partial charge on any atom is 0.267 e. The zero-order valence-corrected chi connectivity index (χ0v) is 18.0. The van der Waals surface area contributed by atoms with Crippen molar-refractivity contribution >= 4 is 15.8 Å². The van der Waals surface area contributed by atoms with Crippen LogP contribution < -0.4 is 0 Å². The molecule has 0 unspecified atom stereocenters. The van der Waals surface area contributed by atoms with Crippen molar-refractivity contribution in [2.45, 2.75) is 83.0 Å². The molecule has 0 fully saturated rings. The SMILES string of the molecule is CCCCCCCCCCCC(=O)c1ccn(S(=O)(=O)c2ccccc2C)c1. The lowest BCUT2D eigenvalue weighted by molar-refractivity contribution is 0.0979. The van der Waals surface area contributed by atoms with Crippen LogP contribution in [0.25, 0.3) is 0 Å². The van der Waals surface area contributed by atoms with E-state index >= 15 is 0 Å².